The van der Waals surface area contributed by atoms with Crippen LogP contribution in [0.15, 0.2) is 0 Å². The molecule has 0 spiro atoms. The fraction of sp³-hybridized carbons (Fsp3) is 0.889. The summed E-state index contributed by atoms with van der Waals surface area (Å²) >= 11 is 1.17. The second kappa shape index (κ2) is 12.0. The molecule has 3 nitrogen and oxygen atoms in total. The van der Waals surface area contributed by atoms with Crippen molar-refractivity contribution in [1.82, 2.24) is 4.90 Å². The first-order chi connectivity index (χ1) is 10.7. The molecule has 1 aliphatic heterocycles. The van der Waals surface area contributed by atoms with Gasteiger partial charge in [-0.2, -0.15) is 0 Å². The third kappa shape index (κ3) is 7.17. The lowest BCUT2D eigenvalue weighted by Crippen LogP contribution is -2.39. The molecule has 128 valence electrons. The molecule has 0 unspecified atom stereocenters. The standard InChI is InChI=1S/C18H33NO2S/c1-3-5-7-9-11-13-16(14-12-10-8-6-4-2)19-17(20)15-22-18(19)21/h16H,3-15H2,1-2H3. The van der Waals surface area contributed by atoms with Crippen molar-refractivity contribution in [3.8, 4) is 0 Å². The number of thioether (sulfide) groups is 1. The normalized spacial score (nSPS) is 15.3. The van der Waals surface area contributed by atoms with E-state index in [9.17, 15) is 9.59 Å². The van der Waals surface area contributed by atoms with Crippen LogP contribution in [0.4, 0.5) is 4.79 Å². The van der Waals surface area contributed by atoms with Crippen LogP contribution in [-0.4, -0.2) is 27.8 Å². The van der Waals surface area contributed by atoms with E-state index in [2.05, 4.69) is 13.8 Å². The van der Waals surface area contributed by atoms with Gasteiger partial charge in [0.25, 0.3) is 5.24 Å². The maximum Gasteiger partial charge on any atom is 0.289 e. The van der Waals surface area contributed by atoms with Crippen molar-refractivity contribution in [3.05, 3.63) is 0 Å². The number of unbranched alkanes of at least 4 members (excludes halogenated alkanes) is 8. The monoisotopic (exact) mass is 327 g/mol. The van der Waals surface area contributed by atoms with Crippen molar-refractivity contribution in [3.63, 3.8) is 0 Å². The zero-order valence-corrected chi connectivity index (χ0v) is 15.3. The summed E-state index contributed by atoms with van der Waals surface area (Å²) in [6.45, 7) is 4.44. The highest BCUT2D eigenvalue weighted by molar-refractivity contribution is 8.14. The Labute approximate surface area is 140 Å². The van der Waals surface area contributed by atoms with Crippen LogP contribution >= 0.6 is 11.8 Å². The minimum atomic E-state index is -0.0166. The van der Waals surface area contributed by atoms with Gasteiger partial charge in [0, 0.05) is 6.04 Å². The molecule has 4 heteroatoms. The summed E-state index contributed by atoms with van der Waals surface area (Å²) in [5.74, 6) is 0.378. The van der Waals surface area contributed by atoms with E-state index >= 15 is 0 Å². The van der Waals surface area contributed by atoms with Gasteiger partial charge in [0.1, 0.15) is 0 Å². The number of carbonyl (C=O) groups excluding carboxylic acids is 2. The lowest BCUT2D eigenvalue weighted by atomic mass is 9.99. The maximum atomic E-state index is 12.0. The van der Waals surface area contributed by atoms with Gasteiger partial charge in [-0.15, -0.1) is 0 Å². The Bertz CT molecular complexity index is 303. The number of nitrogens with zero attached hydrogens (tertiary/aromatic N) is 1. The summed E-state index contributed by atoms with van der Waals surface area (Å²) in [4.78, 5) is 25.5. The summed E-state index contributed by atoms with van der Waals surface area (Å²) in [5.41, 5.74) is 0. The highest BCUT2D eigenvalue weighted by Gasteiger charge is 2.35. The van der Waals surface area contributed by atoms with Gasteiger partial charge in [-0.25, -0.2) is 0 Å². The Morgan fingerprint density at radius 2 is 1.36 bits per heavy atom. The third-order valence-corrected chi connectivity index (χ3v) is 5.27. The Balaban J connectivity index is 2.38. The predicted octanol–water partition coefficient (Wildman–Crippen LogP) is 5.77. The molecule has 1 aliphatic rings. The lowest BCUT2D eigenvalue weighted by Gasteiger charge is -2.25. The molecule has 0 radical (unpaired) electrons. The quantitative estimate of drug-likeness (QED) is 0.403. The Morgan fingerprint density at radius 1 is 0.864 bits per heavy atom. The molecule has 22 heavy (non-hydrogen) atoms. The average Bonchev–Trinajstić information content (AvgIpc) is 2.84. The van der Waals surface area contributed by atoms with Crippen molar-refractivity contribution in [2.45, 2.75) is 96.9 Å². The van der Waals surface area contributed by atoms with E-state index in [1.54, 1.807) is 4.90 Å². The van der Waals surface area contributed by atoms with Gasteiger partial charge in [0.05, 0.1) is 5.75 Å². The topological polar surface area (TPSA) is 37.4 Å². The first kappa shape index (κ1) is 19.5. The van der Waals surface area contributed by atoms with E-state index in [1.807, 2.05) is 0 Å². The summed E-state index contributed by atoms with van der Waals surface area (Å²) in [5, 5.41) is -0.0166. The van der Waals surface area contributed by atoms with Crippen LogP contribution in [-0.2, 0) is 4.79 Å². The van der Waals surface area contributed by atoms with Gasteiger partial charge in [0.15, 0.2) is 0 Å². The van der Waals surface area contributed by atoms with E-state index in [4.69, 9.17) is 0 Å². The van der Waals surface area contributed by atoms with Crippen LogP contribution in [0.3, 0.4) is 0 Å². The summed E-state index contributed by atoms with van der Waals surface area (Å²) < 4.78 is 0. The molecule has 1 saturated heterocycles. The number of carbonyl (C=O) groups is 2. The van der Waals surface area contributed by atoms with Gasteiger partial charge >= 0.3 is 0 Å². The summed E-state index contributed by atoms with van der Waals surface area (Å²) in [6, 6.07) is 0.151. The molecular formula is C18H33NO2S. The van der Waals surface area contributed by atoms with Crippen LogP contribution in [0.2, 0.25) is 0 Å². The van der Waals surface area contributed by atoms with E-state index < -0.39 is 0 Å². The van der Waals surface area contributed by atoms with Gasteiger partial charge < -0.3 is 0 Å². The largest absolute Gasteiger partial charge is 0.289 e. The first-order valence-corrected chi connectivity index (χ1v) is 10.2. The van der Waals surface area contributed by atoms with Crippen molar-refractivity contribution in [2.24, 2.45) is 0 Å². The number of imide groups is 1. The van der Waals surface area contributed by atoms with E-state index in [0.29, 0.717) is 5.75 Å². The number of rotatable bonds is 13. The molecule has 0 aliphatic carbocycles. The van der Waals surface area contributed by atoms with Gasteiger partial charge in [-0.05, 0) is 12.8 Å². The molecule has 0 bridgehead atoms. The first-order valence-electron chi connectivity index (χ1n) is 9.19. The zero-order chi connectivity index (χ0) is 16.2. The molecule has 1 heterocycles. The Hall–Kier alpha value is -0.510. The zero-order valence-electron chi connectivity index (χ0n) is 14.4. The summed E-state index contributed by atoms with van der Waals surface area (Å²) in [6.07, 6.45) is 14.4. The maximum absolute atomic E-state index is 12.0. The number of hydrogen-bond acceptors (Lipinski definition) is 3. The van der Waals surface area contributed by atoms with Crippen molar-refractivity contribution < 1.29 is 9.59 Å². The Kier molecular flexibility index (Phi) is 10.6. The second-order valence-electron chi connectivity index (χ2n) is 6.38. The van der Waals surface area contributed by atoms with Crippen LogP contribution in [0.25, 0.3) is 0 Å². The molecule has 0 aromatic heterocycles. The highest BCUT2D eigenvalue weighted by Crippen LogP contribution is 2.27. The summed E-state index contributed by atoms with van der Waals surface area (Å²) in [7, 11) is 0. The fourth-order valence-electron chi connectivity index (χ4n) is 3.09. The lowest BCUT2D eigenvalue weighted by molar-refractivity contribution is -0.126. The second-order valence-corrected chi connectivity index (χ2v) is 7.30. The molecule has 2 amide bonds. The van der Waals surface area contributed by atoms with Crippen LogP contribution in [0.1, 0.15) is 90.9 Å². The number of hydrogen-bond donors (Lipinski definition) is 0. The third-order valence-electron chi connectivity index (χ3n) is 4.43. The minimum absolute atomic E-state index is 0.0166. The molecule has 0 N–H and O–H groups in total. The fourth-order valence-corrected chi connectivity index (χ4v) is 3.86. The van der Waals surface area contributed by atoms with E-state index in [0.717, 1.165) is 25.7 Å². The van der Waals surface area contributed by atoms with E-state index in [1.165, 1.54) is 63.1 Å². The Morgan fingerprint density at radius 3 is 1.77 bits per heavy atom. The molecule has 0 aromatic rings. The molecule has 1 fully saturated rings. The SMILES string of the molecule is CCCCCCCC(CCCCCCC)N1C(=O)CSC1=O. The van der Waals surface area contributed by atoms with E-state index in [-0.39, 0.29) is 17.2 Å². The van der Waals surface area contributed by atoms with Crippen LogP contribution in [0.5, 0.6) is 0 Å². The van der Waals surface area contributed by atoms with Gasteiger partial charge in [0.2, 0.25) is 5.91 Å². The molecule has 0 aromatic carbocycles. The molecular weight excluding hydrogens is 294 g/mol. The highest BCUT2D eigenvalue weighted by atomic mass is 32.2. The van der Waals surface area contributed by atoms with Gasteiger partial charge in [-0.1, -0.05) is 89.8 Å². The van der Waals surface area contributed by atoms with Crippen LogP contribution < -0.4 is 0 Å². The van der Waals surface area contributed by atoms with Crippen molar-refractivity contribution >= 4 is 22.9 Å². The van der Waals surface area contributed by atoms with Crippen molar-refractivity contribution in [2.75, 3.05) is 5.75 Å². The minimum Gasteiger partial charge on any atom is -0.273 e. The van der Waals surface area contributed by atoms with Crippen LogP contribution in [0, 0.1) is 0 Å². The average molecular weight is 328 g/mol. The molecule has 0 atom stereocenters. The van der Waals surface area contributed by atoms with Crippen molar-refractivity contribution in [1.29, 1.82) is 0 Å². The van der Waals surface area contributed by atoms with Gasteiger partial charge in [-0.3, -0.25) is 14.5 Å². The predicted molar refractivity (Wildman–Crippen MR) is 95.2 cm³/mol. The molecule has 1 rings (SSSR count). The smallest absolute Gasteiger partial charge is 0.273 e. The number of amides is 2. The molecule has 0 saturated carbocycles.